The molecule has 0 saturated carbocycles. The highest BCUT2D eigenvalue weighted by atomic mass is 35.5. The molecule has 1 aliphatic rings. The molecule has 0 amide bonds. The highest BCUT2D eigenvalue weighted by molar-refractivity contribution is 7.99. The molecule has 0 aromatic heterocycles. The van der Waals surface area contributed by atoms with Gasteiger partial charge in [-0.05, 0) is 30.3 Å². The molecule has 2 aromatic rings. The van der Waals surface area contributed by atoms with Gasteiger partial charge in [-0.15, -0.1) is 0 Å². The molecule has 0 radical (unpaired) electrons. The van der Waals surface area contributed by atoms with Gasteiger partial charge in [0.15, 0.2) is 0 Å². The molecule has 5 heteroatoms. The number of halogens is 1. The molecule has 1 heterocycles. The van der Waals surface area contributed by atoms with Crippen LogP contribution in [0.1, 0.15) is 10.4 Å². The molecular weight excluding hydrogens is 270 g/mol. The van der Waals surface area contributed by atoms with Crippen LogP contribution in [0.2, 0.25) is 5.02 Å². The Kier molecular flexibility index (Phi) is 2.69. The van der Waals surface area contributed by atoms with Crippen LogP contribution in [-0.2, 0) is 0 Å². The standard InChI is InChI=1S/C13H8ClNO2S/c14-7-4-5-10-9(6-7)15-12-8(13(16)17)2-1-3-11(12)18-10/h1-6,15H,(H,16,17). The lowest BCUT2D eigenvalue weighted by atomic mass is 10.1. The zero-order valence-electron chi connectivity index (χ0n) is 9.11. The van der Waals surface area contributed by atoms with E-state index in [1.165, 1.54) is 11.8 Å². The molecule has 3 nitrogen and oxygen atoms in total. The van der Waals surface area contributed by atoms with Crippen LogP contribution in [-0.4, -0.2) is 11.1 Å². The summed E-state index contributed by atoms with van der Waals surface area (Å²) in [5, 5.41) is 12.9. The SMILES string of the molecule is O=C(O)c1cccc2c1Nc1cc(Cl)ccc1S2. The van der Waals surface area contributed by atoms with Crippen molar-refractivity contribution in [1.29, 1.82) is 0 Å². The van der Waals surface area contributed by atoms with Gasteiger partial charge in [0.05, 0.1) is 16.9 Å². The van der Waals surface area contributed by atoms with Crippen LogP contribution in [0, 0.1) is 0 Å². The monoisotopic (exact) mass is 277 g/mol. The van der Waals surface area contributed by atoms with Gasteiger partial charge in [-0.25, -0.2) is 4.79 Å². The van der Waals surface area contributed by atoms with Crippen molar-refractivity contribution in [1.82, 2.24) is 0 Å². The molecule has 0 spiro atoms. The fraction of sp³-hybridized carbons (Fsp3) is 0. The van der Waals surface area contributed by atoms with Crippen LogP contribution >= 0.6 is 23.4 Å². The van der Waals surface area contributed by atoms with E-state index in [2.05, 4.69) is 5.32 Å². The normalized spacial score (nSPS) is 12.3. The Balaban J connectivity index is 2.14. The summed E-state index contributed by atoms with van der Waals surface area (Å²) in [5.41, 5.74) is 1.74. The van der Waals surface area contributed by atoms with Crippen LogP contribution < -0.4 is 5.32 Å². The van der Waals surface area contributed by atoms with Gasteiger partial charge in [0.1, 0.15) is 0 Å². The van der Waals surface area contributed by atoms with E-state index < -0.39 is 5.97 Å². The number of para-hydroxylation sites is 1. The first-order valence-corrected chi connectivity index (χ1v) is 6.45. The van der Waals surface area contributed by atoms with Gasteiger partial charge in [0, 0.05) is 14.8 Å². The highest BCUT2D eigenvalue weighted by Crippen LogP contribution is 2.46. The number of carbonyl (C=O) groups is 1. The average molecular weight is 278 g/mol. The van der Waals surface area contributed by atoms with Crippen molar-refractivity contribution in [2.45, 2.75) is 9.79 Å². The van der Waals surface area contributed by atoms with Crippen molar-refractivity contribution < 1.29 is 9.90 Å². The maximum atomic E-state index is 11.2. The van der Waals surface area contributed by atoms with Gasteiger partial charge < -0.3 is 10.4 Å². The molecule has 18 heavy (non-hydrogen) atoms. The fourth-order valence-corrected chi connectivity index (χ4v) is 3.04. The van der Waals surface area contributed by atoms with Crippen LogP contribution in [0.25, 0.3) is 0 Å². The Morgan fingerprint density at radius 1 is 1.22 bits per heavy atom. The third-order valence-electron chi connectivity index (χ3n) is 2.68. The second-order valence-electron chi connectivity index (χ2n) is 3.85. The molecule has 3 rings (SSSR count). The number of carboxylic acids is 1. The van der Waals surface area contributed by atoms with Crippen molar-refractivity contribution in [3.63, 3.8) is 0 Å². The molecule has 90 valence electrons. The van der Waals surface area contributed by atoms with E-state index in [9.17, 15) is 4.79 Å². The van der Waals surface area contributed by atoms with Gasteiger partial charge in [-0.3, -0.25) is 0 Å². The third-order valence-corrected chi connectivity index (χ3v) is 4.05. The molecule has 0 bridgehead atoms. The predicted molar refractivity (Wildman–Crippen MR) is 72.3 cm³/mol. The average Bonchev–Trinajstić information content (AvgIpc) is 2.35. The number of hydrogen-bond acceptors (Lipinski definition) is 3. The summed E-state index contributed by atoms with van der Waals surface area (Å²) < 4.78 is 0. The summed E-state index contributed by atoms with van der Waals surface area (Å²) in [6.07, 6.45) is 0. The number of carboxylic acid groups (broad SMARTS) is 1. The van der Waals surface area contributed by atoms with E-state index in [4.69, 9.17) is 16.7 Å². The van der Waals surface area contributed by atoms with E-state index in [0.29, 0.717) is 10.7 Å². The van der Waals surface area contributed by atoms with E-state index in [1.807, 2.05) is 18.2 Å². The van der Waals surface area contributed by atoms with Crippen LogP contribution in [0.5, 0.6) is 0 Å². The largest absolute Gasteiger partial charge is 0.478 e. The van der Waals surface area contributed by atoms with Crippen LogP contribution in [0.3, 0.4) is 0 Å². The maximum absolute atomic E-state index is 11.2. The van der Waals surface area contributed by atoms with Gasteiger partial charge in [0.2, 0.25) is 0 Å². The van der Waals surface area contributed by atoms with Crippen molar-refractivity contribution in [3.8, 4) is 0 Å². The Hall–Kier alpha value is -1.65. The molecule has 1 aliphatic heterocycles. The van der Waals surface area contributed by atoms with Gasteiger partial charge in [0.25, 0.3) is 0 Å². The minimum absolute atomic E-state index is 0.269. The summed E-state index contributed by atoms with van der Waals surface area (Å²) in [6, 6.07) is 10.8. The second kappa shape index (κ2) is 4.23. The molecule has 0 atom stereocenters. The molecule has 0 saturated heterocycles. The summed E-state index contributed by atoms with van der Waals surface area (Å²) in [6.45, 7) is 0. The van der Waals surface area contributed by atoms with E-state index in [0.717, 1.165) is 15.5 Å². The lowest BCUT2D eigenvalue weighted by molar-refractivity contribution is 0.0698. The molecule has 0 fully saturated rings. The minimum Gasteiger partial charge on any atom is -0.478 e. The first kappa shape index (κ1) is 11.4. The topological polar surface area (TPSA) is 49.3 Å². The van der Waals surface area contributed by atoms with Crippen molar-refractivity contribution in [2.75, 3.05) is 5.32 Å². The van der Waals surface area contributed by atoms with Crippen molar-refractivity contribution in [2.24, 2.45) is 0 Å². The smallest absolute Gasteiger partial charge is 0.337 e. The highest BCUT2D eigenvalue weighted by Gasteiger charge is 2.21. The fourth-order valence-electron chi connectivity index (χ4n) is 1.87. The number of benzene rings is 2. The van der Waals surface area contributed by atoms with Gasteiger partial charge >= 0.3 is 5.97 Å². The van der Waals surface area contributed by atoms with E-state index in [-0.39, 0.29) is 5.56 Å². The first-order valence-electron chi connectivity index (χ1n) is 5.26. The predicted octanol–water partition coefficient (Wildman–Crippen LogP) is 4.25. The third kappa shape index (κ3) is 1.83. The molecule has 2 N–H and O–H groups in total. The number of rotatable bonds is 1. The molecular formula is C13H8ClNO2S. The number of hydrogen-bond donors (Lipinski definition) is 2. The number of fused-ring (bicyclic) bond motifs is 2. The number of anilines is 2. The molecule has 0 unspecified atom stereocenters. The Morgan fingerprint density at radius 2 is 2.06 bits per heavy atom. The summed E-state index contributed by atoms with van der Waals surface area (Å²) in [7, 11) is 0. The minimum atomic E-state index is -0.939. The second-order valence-corrected chi connectivity index (χ2v) is 5.37. The van der Waals surface area contributed by atoms with E-state index >= 15 is 0 Å². The lowest BCUT2D eigenvalue weighted by Crippen LogP contribution is -2.07. The van der Waals surface area contributed by atoms with Crippen molar-refractivity contribution in [3.05, 3.63) is 47.0 Å². The number of nitrogens with one attached hydrogen (secondary N) is 1. The summed E-state index contributed by atoms with van der Waals surface area (Å²) in [5.74, 6) is -0.939. The van der Waals surface area contributed by atoms with Crippen LogP contribution in [0.4, 0.5) is 11.4 Å². The van der Waals surface area contributed by atoms with Crippen molar-refractivity contribution >= 4 is 40.7 Å². The number of aromatic carboxylic acids is 1. The zero-order chi connectivity index (χ0) is 12.7. The lowest BCUT2D eigenvalue weighted by Gasteiger charge is -2.22. The van der Waals surface area contributed by atoms with Crippen LogP contribution in [0.15, 0.2) is 46.2 Å². The molecule has 0 aliphatic carbocycles. The Morgan fingerprint density at radius 3 is 2.83 bits per heavy atom. The summed E-state index contributed by atoms with van der Waals surface area (Å²) >= 11 is 7.48. The first-order chi connectivity index (χ1) is 8.65. The van der Waals surface area contributed by atoms with Gasteiger partial charge in [-0.2, -0.15) is 0 Å². The van der Waals surface area contributed by atoms with E-state index in [1.54, 1.807) is 18.2 Å². The Labute approximate surface area is 113 Å². The zero-order valence-corrected chi connectivity index (χ0v) is 10.7. The maximum Gasteiger partial charge on any atom is 0.337 e. The molecule has 2 aromatic carbocycles. The quantitative estimate of drug-likeness (QED) is 0.698. The van der Waals surface area contributed by atoms with Gasteiger partial charge in [-0.1, -0.05) is 29.4 Å². The Bertz CT molecular complexity index is 657. The summed E-state index contributed by atoms with van der Waals surface area (Å²) in [4.78, 5) is 13.1.